The van der Waals surface area contributed by atoms with Gasteiger partial charge in [0.2, 0.25) is 5.89 Å². The number of oxazole rings is 1. The number of carboxylic acid groups (broad SMARTS) is 1. The summed E-state index contributed by atoms with van der Waals surface area (Å²) < 4.78 is 10.9. The van der Waals surface area contributed by atoms with Crippen LogP contribution < -0.4 is 0 Å². The monoisotopic (exact) mass is 370 g/mol. The molecule has 1 aromatic carbocycles. The van der Waals surface area contributed by atoms with E-state index >= 15 is 0 Å². The minimum absolute atomic E-state index is 0.0529. The topological polar surface area (TPSA) is 92.9 Å². The van der Waals surface area contributed by atoms with Gasteiger partial charge < -0.3 is 19.2 Å². The summed E-state index contributed by atoms with van der Waals surface area (Å²) in [6.45, 7) is 5.59. The molecule has 7 heteroatoms. The van der Waals surface area contributed by atoms with Crippen molar-refractivity contribution in [2.24, 2.45) is 0 Å². The summed E-state index contributed by atoms with van der Waals surface area (Å²) in [5, 5.41) is 9.62. The van der Waals surface area contributed by atoms with Crippen molar-refractivity contribution >= 4 is 17.6 Å². The SMILES string of the molecule is CC(C)(C)OC(=O)N1CCC(c2nc(-c3ccccc3)co2)=C(C(=O)O)C1. The summed E-state index contributed by atoms with van der Waals surface area (Å²) in [6, 6.07) is 9.50. The molecule has 0 unspecified atom stereocenters. The molecule has 1 aliphatic heterocycles. The number of carbonyl (C=O) groups is 2. The second-order valence-electron chi connectivity index (χ2n) is 7.32. The van der Waals surface area contributed by atoms with E-state index in [-0.39, 0.29) is 18.0 Å². The molecule has 27 heavy (non-hydrogen) atoms. The summed E-state index contributed by atoms with van der Waals surface area (Å²) in [6.07, 6.45) is 1.31. The molecule has 1 amide bonds. The van der Waals surface area contributed by atoms with E-state index in [9.17, 15) is 14.7 Å². The van der Waals surface area contributed by atoms with E-state index in [0.29, 0.717) is 24.2 Å². The Bertz CT molecular complexity index is 877. The van der Waals surface area contributed by atoms with Gasteiger partial charge in [-0.2, -0.15) is 0 Å². The molecule has 0 spiro atoms. The molecular weight excluding hydrogens is 348 g/mol. The normalized spacial score (nSPS) is 15.0. The van der Waals surface area contributed by atoms with Gasteiger partial charge in [-0.25, -0.2) is 14.6 Å². The highest BCUT2D eigenvalue weighted by Gasteiger charge is 2.31. The third kappa shape index (κ3) is 4.36. The van der Waals surface area contributed by atoms with Crippen LogP contribution in [-0.4, -0.2) is 45.7 Å². The number of amides is 1. The van der Waals surface area contributed by atoms with Crippen LogP contribution in [0.15, 0.2) is 46.6 Å². The number of hydrogen-bond donors (Lipinski definition) is 1. The Morgan fingerprint density at radius 3 is 2.56 bits per heavy atom. The predicted octanol–water partition coefficient (Wildman–Crippen LogP) is 3.82. The van der Waals surface area contributed by atoms with E-state index in [2.05, 4.69) is 4.98 Å². The second kappa shape index (κ2) is 7.26. The number of benzene rings is 1. The first-order chi connectivity index (χ1) is 12.7. The van der Waals surface area contributed by atoms with Gasteiger partial charge in [0.25, 0.3) is 0 Å². The maximum atomic E-state index is 12.3. The van der Waals surface area contributed by atoms with Crippen LogP contribution in [0.3, 0.4) is 0 Å². The lowest BCUT2D eigenvalue weighted by Crippen LogP contribution is -2.41. The molecule has 1 N–H and O–H groups in total. The Kier molecular flexibility index (Phi) is 5.03. The minimum atomic E-state index is -1.10. The quantitative estimate of drug-likeness (QED) is 0.883. The fraction of sp³-hybridized carbons (Fsp3) is 0.350. The molecule has 1 aromatic heterocycles. The summed E-state index contributed by atoms with van der Waals surface area (Å²) >= 11 is 0. The summed E-state index contributed by atoms with van der Waals surface area (Å²) in [5.41, 5.74) is 1.48. The molecule has 2 heterocycles. The number of aliphatic carboxylic acids is 1. The molecule has 2 aromatic rings. The van der Waals surface area contributed by atoms with Crippen LogP contribution in [0, 0.1) is 0 Å². The van der Waals surface area contributed by atoms with Crippen LogP contribution in [0.4, 0.5) is 4.79 Å². The van der Waals surface area contributed by atoms with E-state index < -0.39 is 17.7 Å². The van der Waals surface area contributed by atoms with Crippen molar-refractivity contribution in [2.45, 2.75) is 32.8 Å². The zero-order chi connectivity index (χ0) is 19.6. The first kappa shape index (κ1) is 18.7. The number of hydrogen-bond acceptors (Lipinski definition) is 5. The molecule has 3 rings (SSSR count). The maximum Gasteiger partial charge on any atom is 0.410 e. The van der Waals surface area contributed by atoms with E-state index in [1.54, 1.807) is 20.8 Å². The molecule has 0 radical (unpaired) electrons. The fourth-order valence-corrected chi connectivity index (χ4v) is 2.83. The lowest BCUT2D eigenvalue weighted by Gasteiger charge is -2.30. The molecule has 0 fully saturated rings. The third-order valence-electron chi connectivity index (χ3n) is 4.09. The Balaban J connectivity index is 1.86. The summed E-state index contributed by atoms with van der Waals surface area (Å²) in [7, 11) is 0. The summed E-state index contributed by atoms with van der Waals surface area (Å²) in [5.74, 6) is -0.826. The van der Waals surface area contributed by atoms with Crippen LogP contribution >= 0.6 is 0 Å². The zero-order valence-corrected chi connectivity index (χ0v) is 15.6. The van der Waals surface area contributed by atoms with Crippen molar-refractivity contribution < 1.29 is 23.8 Å². The maximum absolute atomic E-state index is 12.3. The Hall–Kier alpha value is -3.09. The van der Waals surface area contributed by atoms with Gasteiger partial charge >= 0.3 is 12.1 Å². The summed E-state index contributed by atoms with van der Waals surface area (Å²) in [4.78, 5) is 29.9. The van der Waals surface area contributed by atoms with Gasteiger partial charge in [-0.3, -0.25) is 0 Å². The number of carboxylic acids is 1. The first-order valence-electron chi connectivity index (χ1n) is 8.69. The van der Waals surface area contributed by atoms with Crippen molar-refractivity contribution in [3.63, 3.8) is 0 Å². The van der Waals surface area contributed by atoms with Gasteiger partial charge in [0.05, 0.1) is 12.1 Å². The molecule has 0 saturated heterocycles. The zero-order valence-electron chi connectivity index (χ0n) is 15.6. The van der Waals surface area contributed by atoms with Crippen molar-refractivity contribution in [1.82, 2.24) is 9.88 Å². The first-order valence-corrected chi connectivity index (χ1v) is 8.69. The number of ether oxygens (including phenoxy) is 1. The third-order valence-corrected chi connectivity index (χ3v) is 4.09. The van der Waals surface area contributed by atoms with E-state index in [1.807, 2.05) is 30.3 Å². The molecule has 0 aliphatic carbocycles. The molecule has 142 valence electrons. The molecule has 0 bridgehead atoms. The van der Waals surface area contributed by atoms with Crippen LogP contribution in [0.1, 0.15) is 33.1 Å². The average Bonchev–Trinajstić information content (AvgIpc) is 3.10. The Labute approximate surface area is 157 Å². The molecular formula is C20H22N2O5. The Morgan fingerprint density at radius 1 is 1.22 bits per heavy atom. The number of aromatic nitrogens is 1. The van der Waals surface area contributed by atoms with Gasteiger partial charge in [0.15, 0.2) is 0 Å². The average molecular weight is 370 g/mol. The number of carbonyl (C=O) groups excluding carboxylic acids is 1. The number of rotatable bonds is 3. The Morgan fingerprint density at radius 2 is 1.93 bits per heavy atom. The fourth-order valence-electron chi connectivity index (χ4n) is 2.83. The van der Waals surface area contributed by atoms with Gasteiger partial charge in [-0.15, -0.1) is 0 Å². The molecule has 0 atom stereocenters. The van der Waals surface area contributed by atoms with E-state index in [1.165, 1.54) is 11.2 Å². The van der Waals surface area contributed by atoms with E-state index in [4.69, 9.17) is 9.15 Å². The lowest BCUT2D eigenvalue weighted by molar-refractivity contribution is -0.132. The van der Waals surface area contributed by atoms with Gasteiger partial charge in [-0.1, -0.05) is 30.3 Å². The van der Waals surface area contributed by atoms with Crippen molar-refractivity contribution in [3.05, 3.63) is 48.1 Å². The largest absolute Gasteiger partial charge is 0.478 e. The highest BCUT2D eigenvalue weighted by Crippen LogP contribution is 2.30. The van der Waals surface area contributed by atoms with Crippen molar-refractivity contribution in [2.75, 3.05) is 13.1 Å². The lowest BCUT2D eigenvalue weighted by atomic mass is 10.00. The highest BCUT2D eigenvalue weighted by molar-refractivity contribution is 5.97. The second-order valence-corrected chi connectivity index (χ2v) is 7.32. The van der Waals surface area contributed by atoms with E-state index in [0.717, 1.165) is 5.56 Å². The van der Waals surface area contributed by atoms with Crippen molar-refractivity contribution in [1.29, 1.82) is 0 Å². The molecule has 0 saturated carbocycles. The smallest absolute Gasteiger partial charge is 0.410 e. The van der Waals surface area contributed by atoms with Crippen LogP contribution in [0.2, 0.25) is 0 Å². The predicted molar refractivity (Wildman–Crippen MR) is 98.9 cm³/mol. The van der Waals surface area contributed by atoms with Gasteiger partial charge in [0.1, 0.15) is 17.6 Å². The molecule has 7 nitrogen and oxygen atoms in total. The number of nitrogens with zero attached hydrogens (tertiary/aromatic N) is 2. The highest BCUT2D eigenvalue weighted by atomic mass is 16.6. The van der Waals surface area contributed by atoms with Crippen molar-refractivity contribution in [3.8, 4) is 11.3 Å². The van der Waals surface area contributed by atoms with Gasteiger partial charge in [0, 0.05) is 17.7 Å². The minimum Gasteiger partial charge on any atom is -0.478 e. The van der Waals surface area contributed by atoms with Gasteiger partial charge in [-0.05, 0) is 27.2 Å². The van der Waals surface area contributed by atoms with Crippen LogP contribution in [-0.2, 0) is 9.53 Å². The van der Waals surface area contributed by atoms with Crippen LogP contribution in [0.25, 0.3) is 16.8 Å². The van der Waals surface area contributed by atoms with Crippen LogP contribution in [0.5, 0.6) is 0 Å². The standard InChI is InChI=1S/C20H22N2O5/c1-20(2,3)27-19(25)22-10-9-14(15(11-22)18(23)24)17-21-16(12-26-17)13-7-5-4-6-8-13/h4-8,12H,9-11H2,1-3H3,(H,23,24). The molecule has 1 aliphatic rings.